The van der Waals surface area contributed by atoms with Crippen molar-refractivity contribution in [1.29, 1.82) is 0 Å². The number of allylic oxidation sites excluding steroid dienone is 5. The smallest absolute Gasteiger partial charge is 0.309 e. The summed E-state index contributed by atoms with van der Waals surface area (Å²) in [7, 11) is 2.14. The van der Waals surface area contributed by atoms with Crippen LogP contribution in [0.4, 0.5) is 0 Å². The third kappa shape index (κ3) is 3.84. The molecule has 1 aromatic rings. The molecular formula is C31H40N2O2. The van der Waals surface area contributed by atoms with Gasteiger partial charge in [-0.1, -0.05) is 49.3 Å². The number of ether oxygens (including phenoxy) is 1. The first kappa shape index (κ1) is 23.2. The van der Waals surface area contributed by atoms with Gasteiger partial charge in [-0.3, -0.25) is 9.78 Å². The first-order valence-corrected chi connectivity index (χ1v) is 13.8. The van der Waals surface area contributed by atoms with Crippen molar-refractivity contribution in [3.8, 4) is 0 Å². The van der Waals surface area contributed by atoms with E-state index >= 15 is 0 Å². The largest absolute Gasteiger partial charge is 0.462 e. The van der Waals surface area contributed by atoms with E-state index in [9.17, 15) is 4.79 Å². The van der Waals surface area contributed by atoms with Crippen LogP contribution in [0.15, 0.2) is 53.9 Å². The van der Waals surface area contributed by atoms with Crippen LogP contribution in [0.5, 0.6) is 0 Å². The summed E-state index contributed by atoms with van der Waals surface area (Å²) in [6.45, 7) is 6.98. The van der Waals surface area contributed by atoms with Crippen molar-refractivity contribution in [2.75, 3.05) is 20.1 Å². The van der Waals surface area contributed by atoms with Crippen molar-refractivity contribution in [3.05, 3.63) is 59.5 Å². The average Bonchev–Trinajstić information content (AvgIpc) is 3.22. The zero-order valence-electron chi connectivity index (χ0n) is 21.6. The zero-order valence-corrected chi connectivity index (χ0v) is 21.6. The van der Waals surface area contributed by atoms with E-state index < -0.39 is 0 Å². The standard InChI is InChI=1S/C31H40N2O2/c1-30-14-10-24(35-29(34)21-12-17-33(3)18-13-21)19-23(30)6-7-25-27-9-8-26(22-5-4-16-32-20-22)31(27,2)15-11-28(25)30/h4-6,8-9,16,20-21,24-25,28H,7,10-15,17-19H2,1-3H3. The van der Waals surface area contributed by atoms with Gasteiger partial charge in [0.15, 0.2) is 0 Å². The maximum absolute atomic E-state index is 12.9. The minimum absolute atomic E-state index is 0.0551. The molecule has 3 fully saturated rings. The highest BCUT2D eigenvalue weighted by Gasteiger charge is 2.54. The normalized spacial score (nSPS) is 37.3. The van der Waals surface area contributed by atoms with E-state index in [-0.39, 0.29) is 28.8 Å². The van der Waals surface area contributed by atoms with Crippen LogP contribution in [0.3, 0.4) is 0 Å². The summed E-state index contributed by atoms with van der Waals surface area (Å²) in [5.41, 5.74) is 6.29. The number of carbonyl (C=O) groups is 1. The Bertz CT molecular complexity index is 1080. The van der Waals surface area contributed by atoms with E-state index in [4.69, 9.17) is 4.74 Å². The molecule has 4 aliphatic carbocycles. The van der Waals surface area contributed by atoms with Crippen LogP contribution in [-0.4, -0.2) is 42.1 Å². The van der Waals surface area contributed by atoms with E-state index in [1.807, 2.05) is 12.4 Å². The van der Waals surface area contributed by atoms with Gasteiger partial charge in [-0.15, -0.1) is 0 Å². The lowest BCUT2D eigenvalue weighted by Gasteiger charge is -2.56. The quantitative estimate of drug-likeness (QED) is 0.387. The summed E-state index contributed by atoms with van der Waals surface area (Å²) < 4.78 is 6.12. The van der Waals surface area contributed by atoms with Crippen molar-refractivity contribution in [2.45, 2.75) is 71.3 Å². The van der Waals surface area contributed by atoms with Gasteiger partial charge in [0.1, 0.15) is 6.10 Å². The summed E-state index contributed by atoms with van der Waals surface area (Å²) >= 11 is 0. The van der Waals surface area contributed by atoms with Crippen LogP contribution in [0.1, 0.15) is 70.8 Å². The highest BCUT2D eigenvalue weighted by atomic mass is 16.5. The number of hydrogen-bond acceptors (Lipinski definition) is 4. The van der Waals surface area contributed by atoms with Crippen molar-refractivity contribution >= 4 is 11.5 Å². The molecule has 186 valence electrons. The molecule has 4 nitrogen and oxygen atoms in total. The topological polar surface area (TPSA) is 42.4 Å². The lowest BCUT2D eigenvalue weighted by molar-refractivity contribution is -0.157. The van der Waals surface area contributed by atoms with E-state index in [1.165, 1.54) is 24.0 Å². The Balaban J connectivity index is 1.16. The molecule has 5 unspecified atom stereocenters. The molecule has 1 aromatic heterocycles. The Hall–Kier alpha value is -2.20. The molecular weight excluding hydrogens is 432 g/mol. The number of likely N-dealkylation sites (tertiary alicyclic amines) is 1. The van der Waals surface area contributed by atoms with E-state index in [0.717, 1.165) is 51.6 Å². The molecule has 2 heterocycles. The Morgan fingerprint density at radius 1 is 1.11 bits per heavy atom. The molecule has 0 spiro atoms. The summed E-state index contributed by atoms with van der Waals surface area (Å²) in [5, 5.41) is 0. The van der Waals surface area contributed by atoms with Gasteiger partial charge in [-0.25, -0.2) is 0 Å². The maximum atomic E-state index is 12.9. The van der Waals surface area contributed by atoms with Gasteiger partial charge >= 0.3 is 5.97 Å². The predicted octanol–water partition coefficient (Wildman–Crippen LogP) is 6.21. The predicted molar refractivity (Wildman–Crippen MR) is 139 cm³/mol. The van der Waals surface area contributed by atoms with E-state index in [2.05, 4.69) is 61.1 Å². The summed E-state index contributed by atoms with van der Waals surface area (Å²) in [6, 6.07) is 4.26. The van der Waals surface area contributed by atoms with Gasteiger partial charge in [0.2, 0.25) is 0 Å². The number of aromatic nitrogens is 1. The minimum Gasteiger partial charge on any atom is -0.462 e. The second-order valence-corrected chi connectivity index (χ2v) is 12.3. The zero-order chi connectivity index (χ0) is 24.2. The van der Waals surface area contributed by atoms with E-state index in [1.54, 1.807) is 11.1 Å². The van der Waals surface area contributed by atoms with Crippen LogP contribution in [0.2, 0.25) is 0 Å². The number of nitrogens with zero attached hydrogens (tertiary/aromatic N) is 2. The van der Waals surface area contributed by atoms with Gasteiger partial charge in [0.25, 0.3) is 0 Å². The van der Waals surface area contributed by atoms with Gasteiger partial charge in [-0.2, -0.15) is 0 Å². The Labute approximate surface area is 210 Å². The molecule has 0 amide bonds. The molecule has 0 bridgehead atoms. The van der Waals surface area contributed by atoms with E-state index in [0.29, 0.717) is 11.8 Å². The lowest BCUT2D eigenvalue weighted by Crippen LogP contribution is -2.47. The molecule has 2 saturated carbocycles. The second-order valence-electron chi connectivity index (χ2n) is 12.3. The number of carbonyl (C=O) groups excluding carboxylic acids is 1. The Morgan fingerprint density at radius 3 is 2.71 bits per heavy atom. The van der Waals surface area contributed by atoms with Crippen molar-refractivity contribution in [1.82, 2.24) is 9.88 Å². The third-order valence-corrected chi connectivity index (χ3v) is 10.4. The van der Waals surface area contributed by atoms with Gasteiger partial charge in [0, 0.05) is 24.2 Å². The number of hydrogen-bond donors (Lipinski definition) is 0. The monoisotopic (exact) mass is 472 g/mol. The molecule has 5 aliphatic rings. The molecule has 0 aromatic carbocycles. The molecule has 5 atom stereocenters. The fourth-order valence-corrected chi connectivity index (χ4v) is 8.18. The molecule has 0 N–H and O–H groups in total. The maximum Gasteiger partial charge on any atom is 0.309 e. The fraction of sp³-hybridized carbons (Fsp3) is 0.613. The number of pyridine rings is 1. The molecule has 1 aliphatic heterocycles. The molecule has 35 heavy (non-hydrogen) atoms. The number of esters is 1. The van der Waals surface area contributed by atoms with Crippen LogP contribution >= 0.6 is 0 Å². The summed E-state index contributed by atoms with van der Waals surface area (Å²) in [5.74, 6) is 1.45. The SMILES string of the molecule is CN1CCC(C(=O)OC2CCC3(C)C(=CCC4C5=CC=C(c6cccnc6)C5(C)CCC43)C2)CC1. The number of rotatable bonds is 3. The van der Waals surface area contributed by atoms with Crippen LogP contribution in [0, 0.1) is 28.6 Å². The van der Waals surface area contributed by atoms with Gasteiger partial charge < -0.3 is 9.64 Å². The fourth-order valence-electron chi connectivity index (χ4n) is 8.18. The van der Waals surface area contributed by atoms with Crippen molar-refractivity contribution < 1.29 is 9.53 Å². The van der Waals surface area contributed by atoms with Gasteiger partial charge in [0.05, 0.1) is 5.92 Å². The van der Waals surface area contributed by atoms with Crippen molar-refractivity contribution in [2.24, 2.45) is 28.6 Å². The highest BCUT2D eigenvalue weighted by molar-refractivity contribution is 5.78. The molecule has 0 radical (unpaired) electrons. The van der Waals surface area contributed by atoms with Crippen LogP contribution in [-0.2, 0) is 9.53 Å². The second kappa shape index (κ2) is 8.73. The third-order valence-electron chi connectivity index (χ3n) is 10.4. The highest BCUT2D eigenvalue weighted by Crippen LogP contribution is 2.64. The lowest BCUT2D eigenvalue weighted by atomic mass is 9.49. The van der Waals surface area contributed by atoms with Crippen LogP contribution < -0.4 is 0 Å². The van der Waals surface area contributed by atoms with Gasteiger partial charge in [-0.05, 0) is 99.5 Å². The Kier molecular flexibility index (Phi) is 5.79. The molecule has 4 heteroatoms. The average molecular weight is 473 g/mol. The molecule has 1 saturated heterocycles. The first-order valence-electron chi connectivity index (χ1n) is 13.8. The molecule has 6 rings (SSSR count). The number of fused-ring (bicyclic) bond motifs is 5. The number of piperidine rings is 1. The first-order chi connectivity index (χ1) is 16.9. The summed E-state index contributed by atoms with van der Waals surface area (Å²) in [6.07, 6.45) is 19.9. The Morgan fingerprint density at radius 2 is 1.94 bits per heavy atom. The summed E-state index contributed by atoms with van der Waals surface area (Å²) in [4.78, 5) is 19.6. The minimum atomic E-state index is 0.0551. The van der Waals surface area contributed by atoms with Crippen LogP contribution in [0.25, 0.3) is 5.57 Å². The van der Waals surface area contributed by atoms with Crippen molar-refractivity contribution in [3.63, 3.8) is 0 Å².